The number of hydrogen-bond acceptors (Lipinski definition) is 7. The molecule has 1 fully saturated rings. The minimum Gasteiger partial charge on any atom is -0.478 e. The van der Waals surface area contributed by atoms with Gasteiger partial charge in [-0.15, -0.1) is 0 Å². The van der Waals surface area contributed by atoms with Crippen LogP contribution in [0.3, 0.4) is 0 Å². The van der Waals surface area contributed by atoms with Gasteiger partial charge in [-0.25, -0.2) is 9.97 Å². The van der Waals surface area contributed by atoms with E-state index in [0.717, 1.165) is 43.4 Å². The molecule has 8 heteroatoms. The Morgan fingerprint density at radius 1 is 1.05 bits per heavy atom. The number of ether oxygens (including phenoxy) is 1. The average Bonchev–Trinajstić information content (AvgIpc) is 3.40. The smallest absolute Gasteiger partial charge is 0.253 e. The molecule has 37 heavy (non-hydrogen) atoms. The van der Waals surface area contributed by atoms with Crippen LogP contribution in [-0.4, -0.2) is 46.5 Å². The van der Waals surface area contributed by atoms with E-state index in [0.29, 0.717) is 30.2 Å². The van der Waals surface area contributed by atoms with Gasteiger partial charge in [0.2, 0.25) is 5.88 Å². The number of likely N-dealkylation sites (tertiary alicyclic amines) is 1. The normalized spacial score (nSPS) is 15.9. The van der Waals surface area contributed by atoms with Gasteiger partial charge >= 0.3 is 0 Å². The number of hydrogen-bond donors (Lipinski definition) is 1. The predicted molar refractivity (Wildman–Crippen MR) is 139 cm³/mol. The maximum absolute atomic E-state index is 12.7. The molecule has 3 aromatic rings. The summed E-state index contributed by atoms with van der Waals surface area (Å²) in [5.41, 5.74) is 3.40. The van der Waals surface area contributed by atoms with Crippen molar-refractivity contribution in [2.45, 2.75) is 44.7 Å². The fraction of sp³-hybridized carbons (Fsp3) is 0.345. The number of amides is 1. The zero-order chi connectivity index (χ0) is 26.0. The van der Waals surface area contributed by atoms with Crippen molar-refractivity contribution in [1.29, 1.82) is 10.5 Å². The molecule has 1 N–H and O–H groups in total. The molecule has 2 atom stereocenters. The van der Waals surface area contributed by atoms with Gasteiger partial charge in [0.05, 0.1) is 29.8 Å². The van der Waals surface area contributed by atoms with E-state index in [4.69, 9.17) is 10.00 Å². The second-order valence-electron chi connectivity index (χ2n) is 9.12. The van der Waals surface area contributed by atoms with Gasteiger partial charge in [0.15, 0.2) is 0 Å². The lowest BCUT2D eigenvalue weighted by atomic mass is 9.97. The third-order valence-corrected chi connectivity index (χ3v) is 6.49. The quantitative estimate of drug-likeness (QED) is 0.416. The van der Waals surface area contributed by atoms with Crippen molar-refractivity contribution in [1.82, 2.24) is 20.2 Å². The average molecular weight is 495 g/mol. The lowest BCUT2D eigenvalue weighted by Crippen LogP contribution is -2.38. The molecule has 3 heterocycles. The van der Waals surface area contributed by atoms with Gasteiger partial charge in [0, 0.05) is 37.6 Å². The largest absolute Gasteiger partial charge is 0.478 e. The van der Waals surface area contributed by atoms with Crippen molar-refractivity contribution in [3.8, 4) is 18.0 Å². The highest BCUT2D eigenvalue weighted by atomic mass is 16.5. The number of benzene rings is 1. The number of pyridine rings is 2. The number of carbonyl (C=O) groups is 1. The van der Waals surface area contributed by atoms with E-state index in [9.17, 15) is 10.1 Å². The van der Waals surface area contributed by atoms with Gasteiger partial charge in [-0.2, -0.15) is 10.5 Å². The SMILES string of the molecule is CCCCCOc1ccc(C(c2ccc(C#N)cc2)N2CC[C@@H](NC(=O)c3ccc(C#N)nc3)C2)cn1. The second-order valence-corrected chi connectivity index (χ2v) is 9.12. The Balaban J connectivity index is 1.48. The van der Waals surface area contributed by atoms with Crippen LogP contribution >= 0.6 is 0 Å². The Morgan fingerprint density at radius 3 is 2.51 bits per heavy atom. The first kappa shape index (κ1) is 25.8. The summed E-state index contributed by atoms with van der Waals surface area (Å²) in [6.07, 6.45) is 7.36. The van der Waals surface area contributed by atoms with Gasteiger partial charge in [0.1, 0.15) is 11.8 Å². The lowest BCUT2D eigenvalue weighted by molar-refractivity contribution is 0.0936. The number of aromatic nitrogens is 2. The number of carbonyl (C=O) groups excluding carboxylic acids is 1. The maximum Gasteiger partial charge on any atom is 0.253 e. The van der Waals surface area contributed by atoms with Crippen molar-refractivity contribution in [2.75, 3.05) is 19.7 Å². The third kappa shape index (κ3) is 6.69. The van der Waals surface area contributed by atoms with E-state index in [1.807, 2.05) is 48.7 Å². The molecule has 0 bridgehead atoms. The van der Waals surface area contributed by atoms with Gasteiger partial charge in [-0.05, 0) is 48.2 Å². The van der Waals surface area contributed by atoms with E-state index in [-0.39, 0.29) is 23.7 Å². The molecule has 1 unspecified atom stereocenters. The summed E-state index contributed by atoms with van der Waals surface area (Å²) in [5.74, 6) is 0.408. The van der Waals surface area contributed by atoms with Crippen molar-refractivity contribution in [3.63, 3.8) is 0 Å². The van der Waals surface area contributed by atoms with E-state index < -0.39 is 0 Å². The summed E-state index contributed by atoms with van der Waals surface area (Å²) in [6, 6.07) is 18.8. The zero-order valence-corrected chi connectivity index (χ0v) is 20.9. The van der Waals surface area contributed by atoms with Crippen LogP contribution in [0.5, 0.6) is 5.88 Å². The first-order valence-corrected chi connectivity index (χ1v) is 12.6. The summed E-state index contributed by atoms with van der Waals surface area (Å²) in [5, 5.41) is 21.2. The zero-order valence-electron chi connectivity index (χ0n) is 20.9. The Morgan fingerprint density at radius 2 is 1.86 bits per heavy atom. The molecule has 0 spiro atoms. The molecule has 1 aliphatic heterocycles. The summed E-state index contributed by atoms with van der Waals surface area (Å²) in [7, 11) is 0. The topological polar surface area (TPSA) is 115 Å². The molecule has 1 aromatic carbocycles. The molecule has 2 aromatic heterocycles. The maximum atomic E-state index is 12.7. The number of nitriles is 2. The van der Waals surface area contributed by atoms with Crippen LogP contribution in [0.1, 0.15) is 71.4 Å². The van der Waals surface area contributed by atoms with E-state index in [2.05, 4.69) is 33.2 Å². The summed E-state index contributed by atoms with van der Waals surface area (Å²) in [4.78, 5) is 23.6. The fourth-order valence-electron chi connectivity index (χ4n) is 4.52. The van der Waals surface area contributed by atoms with Crippen LogP contribution in [0, 0.1) is 22.7 Å². The minimum atomic E-state index is -0.204. The molecule has 1 amide bonds. The molecule has 0 aliphatic carbocycles. The molecule has 8 nitrogen and oxygen atoms in total. The Hall–Kier alpha value is -4.27. The van der Waals surface area contributed by atoms with Crippen molar-refractivity contribution >= 4 is 5.91 Å². The monoisotopic (exact) mass is 494 g/mol. The Bertz CT molecular complexity index is 1260. The van der Waals surface area contributed by atoms with Crippen LogP contribution in [-0.2, 0) is 0 Å². The van der Waals surface area contributed by atoms with Crippen LogP contribution in [0.2, 0.25) is 0 Å². The molecule has 0 saturated carbocycles. The highest BCUT2D eigenvalue weighted by molar-refractivity contribution is 5.94. The number of unbranched alkanes of at least 4 members (excludes halogenated alkanes) is 2. The molecule has 188 valence electrons. The van der Waals surface area contributed by atoms with Crippen LogP contribution in [0.4, 0.5) is 0 Å². The summed E-state index contributed by atoms with van der Waals surface area (Å²) < 4.78 is 5.79. The van der Waals surface area contributed by atoms with Crippen molar-refractivity contribution in [3.05, 3.63) is 88.9 Å². The van der Waals surface area contributed by atoms with E-state index >= 15 is 0 Å². The summed E-state index contributed by atoms with van der Waals surface area (Å²) >= 11 is 0. The fourth-order valence-corrected chi connectivity index (χ4v) is 4.52. The lowest BCUT2D eigenvalue weighted by Gasteiger charge is -2.29. The standard InChI is InChI=1S/C29H30N6O2/c1-2-3-4-15-37-27-12-10-23(18-33-27)28(22-7-5-21(16-30)6-8-22)35-14-13-26(20-35)34-29(36)24-9-11-25(17-31)32-19-24/h5-12,18-19,26,28H,2-4,13-15,20H2,1H3,(H,34,36)/t26-,28?/m1/s1. The van der Waals surface area contributed by atoms with E-state index in [1.165, 1.54) is 6.20 Å². The summed E-state index contributed by atoms with van der Waals surface area (Å²) in [6.45, 7) is 4.27. The molecule has 0 radical (unpaired) electrons. The van der Waals surface area contributed by atoms with Crippen molar-refractivity contribution in [2.24, 2.45) is 0 Å². The molecular formula is C29H30N6O2. The van der Waals surface area contributed by atoms with E-state index in [1.54, 1.807) is 12.1 Å². The highest BCUT2D eigenvalue weighted by Gasteiger charge is 2.31. The number of nitrogens with one attached hydrogen (secondary N) is 1. The number of rotatable bonds is 10. The third-order valence-electron chi connectivity index (χ3n) is 6.49. The van der Waals surface area contributed by atoms with Crippen LogP contribution in [0.15, 0.2) is 60.9 Å². The van der Waals surface area contributed by atoms with Gasteiger partial charge < -0.3 is 10.1 Å². The minimum absolute atomic E-state index is 0.0295. The van der Waals surface area contributed by atoms with Crippen LogP contribution < -0.4 is 10.1 Å². The van der Waals surface area contributed by atoms with Crippen LogP contribution in [0.25, 0.3) is 0 Å². The second kappa shape index (κ2) is 12.6. The Labute approximate surface area is 217 Å². The first-order chi connectivity index (χ1) is 18.1. The Kier molecular flexibility index (Phi) is 8.80. The number of nitrogens with zero attached hydrogens (tertiary/aromatic N) is 5. The van der Waals surface area contributed by atoms with Gasteiger partial charge in [-0.3, -0.25) is 9.69 Å². The molecular weight excluding hydrogens is 464 g/mol. The van der Waals surface area contributed by atoms with Gasteiger partial charge in [0.25, 0.3) is 5.91 Å². The predicted octanol–water partition coefficient (Wildman–Crippen LogP) is 4.38. The molecule has 1 aliphatic rings. The first-order valence-electron chi connectivity index (χ1n) is 12.6. The van der Waals surface area contributed by atoms with Gasteiger partial charge in [-0.1, -0.05) is 38.0 Å². The molecule has 4 rings (SSSR count). The highest BCUT2D eigenvalue weighted by Crippen LogP contribution is 2.32. The van der Waals surface area contributed by atoms with Crippen molar-refractivity contribution < 1.29 is 9.53 Å². The molecule has 1 saturated heterocycles.